The van der Waals surface area contributed by atoms with E-state index in [9.17, 15) is 0 Å². The second-order valence-corrected chi connectivity index (χ2v) is 20.9. The molecule has 0 bridgehead atoms. The first-order valence-electron chi connectivity index (χ1n) is 4.71. The summed E-state index contributed by atoms with van der Waals surface area (Å²) in [5.74, 6) is 0. The van der Waals surface area contributed by atoms with Gasteiger partial charge in [0.25, 0.3) is 0 Å². The molecule has 0 radical (unpaired) electrons. The van der Waals surface area contributed by atoms with E-state index in [1.165, 1.54) is 0 Å². The normalized spacial score (nSPS) is 12.9. The van der Waals surface area contributed by atoms with Gasteiger partial charge in [0.2, 0.25) is 0 Å². The molecule has 0 aromatic heterocycles. The predicted octanol–water partition coefficient (Wildman–Crippen LogP) is 3.28. The standard InChI is InChI=1S/2C4H11Si.Mg/c2*1-5(2,3)4;/h2*1H2,2-4H3;. The Kier molecular flexibility index (Phi) is 4.92. The molecule has 0 nitrogen and oxygen atoms in total. The van der Waals surface area contributed by atoms with Gasteiger partial charge in [-0.05, 0) is 0 Å². The van der Waals surface area contributed by atoms with Crippen LogP contribution in [-0.2, 0) is 0 Å². The van der Waals surface area contributed by atoms with E-state index in [1.54, 1.807) is 8.35 Å². The minimum Gasteiger partial charge on any atom is -0.150 e. The maximum atomic E-state index is 2.50. The summed E-state index contributed by atoms with van der Waals surface area (Å²) in [6, 6.07) is 0. The summed E-state index contributed by atoms with van der Waals surface area (Å²) in [7, 11) is -1.35. The van der Waals surface area contributed by atoms with Gasteiger partial charge in [0.05, 0.1) is 0 Å². The summed E-state index contributed by atoms with van der Waals surface area (Å²) in [6.07, 6.45) is 0. The lowest BCUT2D eigenvalue weighted by Gasteiger charge is -2.19. The second-order valence-electron chi connectivity index (χ2n) is 5.97. The smallest absolute Gasteiger partial charge is 0.150 e. The molecule has 0 amide bonds. The van der Waals surface area contributed by atoms with Crippen molar-refractivity contribution in [3.8, 4) is 0 Å². The van der Waals surface area contributed by atoms with E-state index in [0.717, 1.165) is 0 Å². The van der Waals surface area contributed by atoms with Gasteiger partial charge in [0.15, 0.2) is 0 Å². The lowest BCUT2D eigenvalue weighted by atomic mass is 11.7. The van der Waals surface area contributed by atoms with E-state index in [-0.39, 0.29) is 0 Å². The molecular weight excluding hydrogens is 177 g/mol. The Morgan fingerprint density at radius 3 is 1.18 bits per heavy atom. The van der Waals surface area contributed by atoms with Gasteiger partial charge in [-0.15, -0.1) is 0 Å². The van der Waals surface area contributed by atoms with Crippen LogP contribution in [0.25, 0.3) is 0 Å². The predicted molar refractivity (Wildman–Crippen MR) is 62.1 cm³/mol. The van der Waals surface area contributed by atoms with Crippen LogP contribution in [-0.4, -0.2) is 36.5 Å². The molecule has 0 N–H and O–H groups in total. The Bertz CT molecular complexity index is 96.2. The Morgan fingerprint density at radius 1 is 0.727 bits per heavy atom. The van der Waals surface area contributed by atoms with Gasteiger partial charge in [-0.1, -0.05) is 39.3 Å². The molecule has 0 saturated heterocycles. The van der Waals surface area contributed by atoms with E-state index < -0.39 is 16.1 Å². The zero-order chi connectivity index (χ0) is 9.12. The molecule has 0 aliphatic carbocycles. The average molecular weight is 199 g/mol. The quantitative estimate of drug-likeness (QED) is 0.609. The Hall–Kier alpha value is 1.20. The molecule has 64 valence electrons. The lowest BCUT2D eigenvalue weighted by molar-refractivity contribution is 1.57. The van der Waals surface area contributed by atoms with Crippen molar-refractivity contribution in [1.82, 2.24) is 0 Å². The molecule has 0 rings (SSSR count). The second kappa shape index (κ2) is 4.44. The van der Waals surface area contributed by atoms with Gasteiger partial charge in [-0.25, -0.2) is 0 Å². The van der Waals surface area contributed by atoms with Crippen LogP contribution in [0, 0.1) is 0 Å². The summed E-state index contributed by atoms with van der Waals surface area (Å²) in [6.45, 7) is 15.0. The summed E-state index contributed by atoms with van der Waals surface area (Å²) >= 11 is 0.326. The lowest BCUT2D eigenvalue weighted by Crippen LogP contribution is -2.28. The highest BCUT2D eigenvalue weighted by molar-refractivity contribution is 6.89. The third-order valence-corrected chi connectivity index (χ3v) is 16.7. The zero-order valence-corrected chi connectivity index (χ0v) is 12.5. The third-order valence-electron chi connectivity index (χ3n) is 1.85. The van der Waals surface area contributed by atoms with Crippen molar-refractivity contribution in [2.45, 2.75) is 47.6 Å². The van der Waals surface area contributed by atoms with Crippen molar-refractivity contribution in [2.24, 2.45) is 0 Å². The van der Waals surface area contributed by atoms with Crippen LogP contribution >= 0.6 is 0 Å². The first-order valence-corrected chi connectivity index (χ1v) is 14.1. The van der Waals surface area contributed by atoms with Gasteiger partial charge >= 0.3 is 20.4 Å². The molecule has 0 aromatic rings. The SMILES string of the molecule is C[Si](C)(C)[CH2][Mg][CH2][Si](C)(C)C. The van der Waals surface area contributed by atoms with Gasteiger partial charge in [0, 0.05) is 16.1 Å². The van der Waals surface area contributed by atoms with Crippen molar-refractivity contribution in [3.05, 3.63) is 0 Å². The summed E-state index contributed by atoms with van der Waals surface area (Å²) in [4.78, 5) is 0. The average Bonchev–Trinajstić information content (AvgIpc) is 1.55. The monoisotopic (exact) mass is 198 g/mol. The molecule has 0 spiro atoms. The van der Waals surface area contributed by atoms with Crippen LogP contribution in [0.4, 0.5) is 0 Å². The number of hydrogen-bond acceptors (Lipinski definition) is 0. The number of hydrogen-bond donors (Lipinski definition) is 0. The van der Waals surface area contributed by atoms with Crippen LogP contribution in [0.1, 0.15) is 0 Å². The van der Waals surface area contributed by atoms with Crippen LogP contribution in [0.2, 0.25) is 47.6 Å². The van der Waals surface area contributed by atoms with Crippen LogP contribution in [0.5, 0.6) is 0 Å². The molecule has 0 aliphatic rings. The van der Waals surface area contributed by atoms with Crippen LogP contribution < -0.4 is 0 Å². The molecular formula is C8H22MgSi2. The Labute approximate surface area is 83.9 Å². The van der Waals surface area contributed by atoms with Crippen molar-refractivity contribution < 1.29 is 0 Å². The van der Waals surface area contributed by atoms with E-state index >= 15 is 0 Å². The van der Waals surface area contributed by atoms with E-state index in [2.05, 4.69) is 39.3 Å². The van der Waals surface area contributed by atoms with Crippen molar-refractivity contribution in [2.75, 3.05) is 0 Å². The molecule has 11 heavy (non-hydrogen) atoms. The fraction of sp³-hybridized carbons (Fsp3) is 1.00. The summed E-state index contributed by atoms with van der Waals surface area (Å²) < 4.78 is 3.33. The minimum atomic E-state index is -0.673. The molecule has 0 aromatic carbocycles. The van der Waals surface area contributed by atoms with Crippen molar-refractivity contribution >= 4 is 36.5 Å². The summed E-state index contributed by atoms with van der Waals surface area (Å²) in [5, 5.41) is 0. The van der Waals surface area contributed by atoms with E-state index in [0.29, 0.717) is 20.4 Å². The fourth-order valence-corrected chi connectivity index (χ4v) is 11.9. The third kappa shape index (κ3) is 11.2. The first-order chi connectivity index (χ1) is 4.71. The highest BCUT2D eigenvalue weighted by atomic mass is 28.3. The zero-order valence-electron chi connectivity index (χ0n) is 9.12. The molecule has 0 saturated carbocycles. The molecule has 0 unspecified atom stereocenters. The van der Waals surface area contributed by atoms with Gasteiger partial charge in [-0.2, -0.15) is 8.35 Å². The molecule has 3 heteroatoms. The Balaban J connectivity index is 3.44. The molecule has 0 aliphatic heterocycles. The van der Waals surface area contributed by atoms with Crippen molar-refractivity contribution in [3.63, 3.8) is 0 Å². The molecule has 0 atom stereocenters. The van der Waals surface area contributed by atoms with Crippen LogP contribution in [0.15, 0.2) is 0 Å². The topological polar surface area (TPSA) is 0 Å². The van der Waals surface area contributed by atoms with Gasteiger partial charge < -0.3 is 0 Å². The highest BCUT2D eigenvalue weighted by Gasteiger charge is 2.18. The number of rotatable bonds is 4. The molecule has 0 fully saturated rings. The Morgan fingerprint density at radius 2 is 1.00 bits per heavy atom. The highest BCUT2D eigenvalue weighted by Crippen LogP contribution is 2.12. The fourth-order valence-electron chi connectivity index (χ4n) is 1.15. The van der Waals surface area contributed by atoms with E-state index in [1.807, 2.05) is 0 Å². The van der Waals surface area contributed by atoms with Gasteiger partial charge in [-0.3, -0.25) is 0 Å². The maximum absolute atomic E-state index is 2.50. The molecule has 0 heterocycles. The first kappa shape index (κ1) is 12.2. The van der Waals surface area contributed by atoms with E-state index in [4.69, 9.17) is 0 Å². The van der Waals surface area contributed by atoms with Crippen molar-refractivity contribution in [1.29, 1.82) is 0 Å². The maximum Gasteiger partial charge on any atom is 0.357 e. The summed E-state index contributed by atoms with van der Waals surface area (Å²) in [5.41, 5.74) is 0. The largest absolute Gasteiger partial charge is 0.357 e. The van der Waals surface area contributed by atoms with Crippen LogP contribution in [0.3, 0.4) is 0 Å². The van der Waals surface area contributed by atoms with Gasteiger partial charge in [0.1, 0.15) is 0 Å². The minimum absolute atomic E-state index is 0.326.